The van der Waals surface area contributed by atoms with Crippen LogP contribution in [0, 0.1) is 23.6 Å². The summed E-state index contributed by atoms with van der Waals surface area (Å²) in [6.45, 7) is 7.48. The van der Waals surface area contributed by atoms with Crippen molar-refractivity contribution in [2.45, 2.75) is 13.0 Å². The zero-order valence-electron chi connectivity index (χ0n) is 14.7. The Labute approximate surface area is 151 Å². The number of hydrogen-bond acceptors (Lipinski definition) is 4. The molecule has 26 heavy (non-hydrogen) atoms. The van der Waals surface area contributed by atoms with Crippen molar-refractivity contribution in [3.63, 3.8) is 0 Å². The van der Waals surface area contributed by atoms with E-state index in [2.05, 4.69) is 16.8 Å². The maximum atomic E-state index is 14.7. The molecule has 3 fully saturated rings. The van der Waals surface area contributed by atoms with Crippen LogP contribution in [0.25, 0.3) is 0 Å². The van der Waals surface area contributed by atoms with Gasteiger partial charge in [-0.05, 0) is 36.0 Å². The Morgan fingerprint density at radius 1 is 1.38 bits per heavy atom. The number of fused-ring (bicyclic) bond motifs is 1. The zero-order valence-corrected chi connectivity index (χ0v) is 14.7. The largest absolute Gasteiger partial charge is 0.442 e. The van der Waals surface area contributed by atoms with Gasteiger partial charge < -0.3 is 15.0 Å². The highest BCUT2D eigenvalue weighted by Crippen LogP contribution is 2.53. The molecule has 2 heterocycles. The van der Waals surface area contributed by atoms with Crippen LogP contribution in [0.4, 0.5) is 20.6 Å². The highest BCUT2D eigenvalue weighted by atomic mass is 19.1. The Bertz CT molecular complexity index is 756. The molecule has 1 N–H and O–H groups in total. The number of ether oxygens (including phenoxy) is 1. The first-order valence-corrected chi connectivity index (χ1v) is 8.87. The van der Waals surface area contributed by atoms with E-state index in [1.807, 2.05) is 6.08 Å². The van der Waals surface area contributed by atoms with Gasteiger partial charge in [0.2, 0.25) is 5.91 Å². The molecule has 7 heteroatoms. The molecule has 0 bridgehead atoms. The molecule has 1 saturated carbocycles. The summed E-state index contributed by atoms with van der Waals surface area (Å²) >= 11 is 0. The summed E-state index contributed by atoms with van der Waals surface area (Å²) in [5.74, 6) is 1.24. The zero-order chi connectivity index (χ0) is 18.4. The third-order valence-corrected chi connectivity index (χ3v) is 5.57. The van der Waals surface area contributed by atoms with Gasteiger partial charge in [-0.3, -0.25) is 9.69 Å². The van der Waals surface area contributed by atoms with Gasteiger partial charge in [0.1, 0.15) is 11.9 Å². The highest BCUT2D eigenvalue weighted by Gasteiger charge is 2.54. The number of piperidine rings is 1. The number of cyclic esters (lactones) is 1. The Morgan fingerprint density at radius 2 is 2.12 bits per heavy atom. The second kappa shape index (κ2) is 6.30. The Balaban J connectivity index is 1.42. The number of nitrogens with one attached hydrogen (secondary N) is 1. The van der Waals surface area contributed by atoms with Crippen molar-refractivity contribution < 1.29 is 18.7 Å². The summed E-state index contributed by atoms with van der Waals surface area (Å²) in [6.07, 6.45) is 1.04. The molecule has 1 aliphatic carbocycles. The van der Waals surface area contributed by atoms with E-state index in [9.17, 15) is 14.0 Å². The van der Waals surface area contributed by atoms with Gasteiger partial charge in [0.05, 0.1) is 24.5 Å². The number of carbonyl (C=O) groups excluding carboxylic acids is 2. The van der Waals surface area contributed by atoms with E-state index in [-0.39, 0.29) is 24.8 Å². The predicted molar refractivity (Wildman–Crippen MR) is 95.6 cm³/mol. The number of rotatable bonds is 5. The van der Waals surface area contributed by atoms with Crippen molar-refractivity contribution in [3.8, 4) is 0 Å². The normalized spacial score (nSPS) is 29.4. The molecule has 0 radical (unpaired) electrons. The lowest BCUT2D eigenvalue weighted by atomic mass is 10.2. The molecular weight excluding hydrogens is 337 g/mol. The number of carbonyl (C=O) groups is 2. The van der Waals surface area contributed by atoms with Crippen LogP contribution in [0.1, 0.15) is 6.92 Å². The fourth-order valence-electron chi connectivity index (χ4n) is 4.14. The van der Waals surface area contributed by atoms with E-state index in [1.54, 1.807) is 12.1 Å². The van der Waals surface area contributed by atoms with Crippen molar-refractivity contribution in [1.29, 1.82) is 0 Å². The van der Waals surface area contributed by atoms with Gasteiger partial charge in [-0.1, -0.05) is 6.08 Å². The Kier molecular flexibility index (Phi) is 4.09. The van der Waals surface area contributed by atoms with E-state index in [1.165, 1.54) is 17.9 Å². The average Bonchev–Trinajstić information content (AvgIpc) is 2.93. The lowest BCUT2D eigenvalue weighted by Crippen LogP contribution is -2.33. The third kappa shape index (κ3) is 2.91. The van der Waals surface area contributed by atoms with Gasteiger partial charge in [-0.15, -0.1) is 6.58 Å². The van der Waals surface area contributed by atoms with E-state index in [0.29, 0.717) is 29.1 Å². The van der Waals surface area contributed by atoms with Crippen molar-refractivity contribution in [2.24, 2.45) is 17.8 Å². The lowest BCUT2D eigenvalue weighted by molar-refractivity contribution is -0.119. The molecule has 138 valence electrons. The lowest BCUT2D eigenvalue weighted by Gasteiger charge is -2.23. The van der Waals surface area contributed by atoms with E-state index < -0.39 is 12.2 Å². The number of halogens is 1. The fourth-order valence-corrected chi connectivity index (χ4v) is 4.14. The molecule has 1 aromatic rings. The maximum absolute atomic E-state index is 14.7. The van der Waals surface area contributed by atoms with Gasteiger partial charge >= 0.3 is 6.09 Å². The highest BCUT2D eigenvalue weighted by molar-refractivity contribution is 5.90. The van der Waals surface area contributed by atoms with Gasteiger partial charge in [0.15, 0.2) is 0 Å². The van der Waals surface area contributed by atoms with E-state index in [0.717, 1.165) is 13.1 Å². The molecule has 6 nitrogen and oxygen atoms in total. The first-order valence-electron chi connectivity index (χ1n) is 8.87. The van der Waals surface area contributed by atoms with Crippen LogP contribution in [0.5, 0.6) is 0 Å². The minimum Gasteiger partial charge on any atom is -0.442 e. The van der Waals surface area contributed by atoms with Gasteiger partial charge in [-0.25, -0.2) is 9.18 Å². The van der Waals surface area contributed by atoms with Crippen LogP contribution < -0.4 is 15.1 Å². The van der Waals surface area contributed by atoms with Crippen LogP contribution in [-0.2, 0) is 9.53 Å². The van der Waals surface area contributed by atoms with Crippen LogP contribution in [-0.4, -0.2) is 44.3 Å². The number of anilines is 2. The summed E-state index contributed by atoms with van der Waals surface area (Å²) < 4.78 is 19.9. The predicted octanol–water partition coefficient (Wildman–Crippen LogP) is 2.16. The maximum Gasteiger partial charge on any atom is 0.414 e. The first kappa shape index (κ1) is 16.9. The third-order valence-electron chi connectivity index (χ3n) is 5.57. The first-order chi connectivity index (χ1) is 12.5. The van der Waals surface area contributed by atoms with Crippen molar-refractivity contribution >= 4 is 23.4 Å². The minimum atomic E-state index is -0.524. The van der Waals surface area contributed by atoms with Crippen molar-refractivity contribution in [1.82, 2.24) is 5.32 Å². The summed E-state index contributed by atoms with van der Waals surface area (Å²) in [5, 5.41) is 2.62. The fraction of sp³-hybridized carbons (Fsp3) is 0.474. The number of benzene rings is 1. The molecular formula is C19H22FN3O3. The molecule has 3 aliphatic rings. The van der Waals surface area contributed by atoms with Crippen LogP contribution in [0.15, 0.2) is 30.9 Å². The number of allylic oxidation sites excluding steroid dienone is 1. The van der Waals surface area contributed by atoms with Crippen LogP contribution >= 0.6 is 0 Å². The Hall–Kier alpha value is -2.57. The molecule has 2 unspecified atom stereocenters. The second-order valence-electron chi connectivity index (χ2n) is 7.23. The molecule has 2 amide bonds. The number of nitrogens with zero attached hydrogens (tertiary/aromatic N) is 2. The van der Waals surface area contributed by atoms with Gasteiger partial charge in [0, 0.05) is 20.0 Å². The summed E-state index contributed by atoms with van der Waals surface area (Å²) in [7, 11) is 0. The van der Waals surface area contributed by atoms with Crippen molar-refractivity contribution in [2.75, 3.05) is 36.0 Å². The quantitative estimate of drug-likeness (QED) is 0.819. The minimum absolute atomic E-state index is 0.183. The molecule has 1 aromatic carbocycles. The molecule has 3 atom stereocenters. The SMILES string of the molecule is C=CC1C2CN(c3ccc(N4C[C@H](CNC(C)=O)OC4=O)cc3F)CC12. The molecule has 0 spiro atoms. The monoisotopic (exact) mass is 359 g/mol. The molecule has 2 aliphatic heterocycles. The topological polar surface area (TPSA) is 61.9 Å². The summed E-state index contributed by atoms with van der Waals surface area (Å²) in [6, 6.07) is 4.86. The summed E-state index contributed by atoms with van der Waals surface area (Å²) in [4.78, 5) is 26.5. The molecule has 2 saturated heterocycles. The summed E-state index contributed by atoms with van der Waals surface area (Å²) in [5.41, 5.74) is 1.04. The second-order valence-corrected chi connectivity index (χ2v) is 7.23. The van der Waals surface area contributed by atoms with Crippen LogP contribution in [0.2, 0.25) is 0 Å². The Morgan fingerprint density at radius 3 is 2.73 bits per heavy atom. The van der Waals surface area contributed by atoms with Crippen LogP contribution in [0.3, 0.4) is 0 Å². The standard InChI is InChI=1S/C19H22FN3O3/c1-3-14-15-9-22(10-16(14)15)18-5-4-12(6-17(18)20)23-8-13(26-19(23)25)7-21-11(2)24/h3-6,13-16H,1,7-10H2,2H3,(H,21,24)/t13-,14?,15?,16?/m0/s1. The number of hydrogen-bond donors (Lipinski definition) is 1. The number of amides is 2. The average molecular weight is 359 g/mol. The van der Waals surface area contributed by atoms with E-state index in [4.69, 9.17) is 4.74 Å². The molecule has 4 rings (SSSR count). The smallest absolute Gasteiger partial charge is 0.414 e. The van der Waals surface area contributed by atoms with Gasteiger partial charge in [0.25, 0.3) is 0 Å². The van der Waals surface area contributed by atoms with Gasteiger partial charge in [-0.2, -0.15) is 0 Å². The molecule has 0 aromatic heterocycles. The van der Waals surface area contributed by atoms with E-state index >= 15 is 0 Å². The van der Waals surface area contributed by atoms with Crippen molar-refractivity contribution in [3.05, 3.63) is 36.7 Å².